The van der Waals surface area contributed by atoms with Gasteiger partial charge in [-0.3, -0.25) is 0 Å². The molecule has 0 fully saturated rings. The number of hydrogen-bond acceptors (Lipinski definition) is 8. The molecule has 0 spiro atoms. The summed E-state index contributed by atoms with van der Waals surface area (Å²) >= 11 is 0. The Kier molecular flexibility index (Phi) is 6.28. The lowest BCUT2D eigenvalue weighted by Gasteiger charge is -2.16. The van der Waals surface area contributed by atoms with Crippen LogP contribution in [0.15, 0.2) is 45.8 Å². The van der Waals surface area contributed by atoms with E-state index in [1.165, 1.54) is 27.3 Å². The summed E-state index contributed by atoms with van der Waals surface area (Å²) < 4.78 is 47.9. The monoisotopic (exact) mass is 433 g/mol. The van der Waals surface area contributed by atoms with Gasteiger partial charge in [0, 0.05) is 13.1 Å². The molecule has 0 N–H and O–H groups in total. The van der Waals surface area contributed by atoms with Crippen molar-refractivity contribution in [2.24, 2.45) is 0 Å². The molecular formula is C20H23N3O6S. The summed E-state index contributed by atoms with van der Waals surface area (Å²) in [6.07, 6.45) is 0. The molecule has 0 saturated heterocycles. The minimum Gasteiger partial charge on any atom is -0.497 e. The van der Waals surface area contributed by atoms with Gasteiger partial charge in [-0.05, 0) is 42.8 Å². The normalized spacial score (nSPS) is 11.5. The molecule has 0 unspecified atom stereocenters. The molecule has 160 valence electrons. The van der Waals surface area contributed by atoms with Gasteiger partial charge in [0.2, 0.25) is 21.7 Å². The standard InChI is InChI=1S/C20H23N3O6S/c1-13-10-15(7-9-17(13)27-4)30(24,25)23(2)12-19-21-20(22-29-19)16-8-6-14(26-3)11-18(16)28-5/h6-11H,12H2,1-5H3. The Morgan fingerprint density at radius 1 is 1.00 bits per heavy atom. The molecule has 0 aliphatic carbocycles. The van der Waals surface area contributed by atoms with E-state index < -0.39 is 10.0 Å². The van der Waals surface area contributed by atoms with Gasteiger partial charge in [-0.25, -0.2) is 8.42 Å². The first kappa shape index (κ1) is 21.6. The minimum absolute atomic E-state index is 0.0844. The Hall–Kier alpha value is -3.11. The second kappa shape index (κ2) is 8.72. The molecule has 0 atom stereocenters. The fourth-order valence-electron chi connectivity index (χ4n) is 2.88. The van der Waals surface area contributed by atoms with Gasteiger partial charge in [-0.1, -0.05) is 5.16 Å². The van der Waals surface area contributed by atoms with Gasteiger partial charge in [0.05, 0.1) is 38.3 Å². The highest BCUT2D eigenvalue weighted by Crippen LogP contribution is 2.32. The summed E-state index contributed by atoms with van der Waals surface area (Å²) in [5.74, 6) is 2.19. The summed E-state index contributed by atoms with van der Waals surface area (Å²) in [5.41, 5.74) is 1.32. The van der Waals surface area contributed by atoms with Crippen molar-refractivity contribution in [1.82, 2.24) is 14.4 Å². The predicted octanol–water partition coefficient (Wildman–Crippen LogP) is 2.89. The molecule has 2 aromatic carbocycles. The van der Waals surface area contributed by atoms with E-state index in [4.69, 9.17) is 18.7 Å². The van der Waals surface area contributed by atoms with E-state index in [0.29, 0.717) is 22.8 Å². The van der Waals surface area contributed by atoms with Gasteiger partial charge >= 0.3 is 0 Å². The maximum atomic E-state index is 12.9. The number of methoxy groups -OCH3 is 3. The lowest BCUT2D eigenvalue weighted by atomic mass is 10.2. The number of sulfonamides is 1. The van der Waals surface area contributed by atoms with Crippen molar-refractivity contribution < 1.29 is 27.2 Å². The van der Waals surface area contributed by atoms with Crippen LogP contribution in [0, 0.1) is 6.92 Å². The second-order valence-corrected chi connectivity index (χ2v) is 8.52. The van der Waals surface area contributed by atoms with Crippen LogP contribution in [0.4, 0.5) is 0 Å². The van der Waals surface area contributed by atoms with Crippen molar-refractivity contribution in [3.63, 3.8) is 0 Å². The van der Waals surface area contributed by atoms with E-state index in [2.05, 4.69) is 10.1 Å². The number of ether oxygens (including phenoxy) is 3. The van der Waals surface area contributed by atoms with E-state index in [1.807, 2.05) is 0 Å². The summed E-state index contributed by atoms with van der Waals surface area (Å²) in [5, 5.41) is 3.95. The molecule has 0 amide bonds. The Labute approximate surface area is 175 Å². The second-order valence-electron chi connectivity index (χ2n) is 6.47. The Balaban J connectivity index is 1.82. The average Bonchev–Trinajstić information content (AvgIpc) is 3.21. The predicted molar refractivity (Wildman–Crippen MR) is 109 cm³/mol. The number of benzene rings is 2. The molecule has 1 aromatic heterocycles. The van der Waals surface area contributed by atoms with Crippen molar-refractivity contribution in [1.29, 1.82) is 0 Å². The zero-order valence-electron chi connectivity index (χ0n) is 17.4. The average molecular weight is 433 g/mol. The quantitative estimate of drug-likeness (QED) is 0.534. The van der Waals surface area contributed by atoms with Crippen LogP contribution < -0.4 is 14.2 Å². The van der Waals surface area contributed by atoms with Crippen LogP contribution in [0.3, 0.4) is 0 Å². The van der Waals surface area contributed by atoms with E-state index >= 15 is 0 Å². The highest BCUT2D eigenvalue weighted by atomic mass is 32.2. The topological polar surface area (TPSA) is 104 Å². The largest absolute Gasteiger partial charge is 0.497 e. The zero-order valence-corrected chi connectivity index (χ0v) is 18.2. The molecule has 3 aromatic rings. The van der Waals surface area contributed by atoms with E-state index in [0.717, 1.165) is 9.87 Å². The van der Waals surface area contributed by atoms with Gasteiger partial charge in [0.15, 0.2) is 0 Å². The number of aryl methyl sites for hydroxylation is 1. The van der Waals surface area contributed by atoms with E-state index in [-0.39, 0.29) is 23.2 Å². The SMILES string of the molecule is COc1ccc(-c2noc(CN(C)S(=O)(=O)c3ccc(OC)c(C)c3)n2)c(OC)c1. The van der Waals surface area contributed by atoms with Crippen LogP contribution in [0.25, 0.3) is 11.4 Å². The Bertz CT molecular complexity index is 1140. The van der Waals surface area contributed by atoms with Crippen LogP contribution in [0.1, 0.15) is 11.5 Å². The van der Waals surface area contributed by atoms with Crippen molar-refractivity contribution in [3.8, 4) is 28.6 Å². The maximum absolute atomic E-state index is 12.9. The highest BCUT2D eigenvalue weighted by molar-refractivity contribution is 7.89. The molecule has 10 heteroatoms. The molecule has 30 heavy (non-hydrogen) atoms. The number of aromatic nitrogens is 2. The van der Waals surface area contributed by atoms with Crippen molar-refractivity contribution in [2.45, 2.75) is 18.4 Å². The molecule has 0 aliphatic heterocycles. The molecule has 0 bridgehead atoms. The zero-order chi connectivity index (χ0) is 21.9. The van der Waals surface area contributed by atoms with Gasteiger partial charge in [-0.2, -0.15) is 9.29 Å². The third-order valence-corrected chi connectivity index (χ3v) is 6.35. The van der Waals surface area contributed by atoms with E-state index in [1.54, 1.807) is 44.4 Å². The number of hydrogen-bond donors (Lipinski definition) is 0. The lowest BCUT2D eigenvalue weighted by molar-refractivity contribution is 0.336. The first-order valence-corrected chi connectivity index (χ1v) is 10.4. The smallest absolute Gasteiger partial charge is 0.243 e. The van der Waals surface area contributed by atoms with Crippen LogP contribution in [0.2, 0.25) is 0 Å². The molecule has 0 aliphatic rings. The first-order chi connectivity index (χ1) is 14.3. The number of rotatable bonds is 8. The third-order valence-electron chi connectivity index (χ3n) is 4.55. The van der Waals surface area contributed by atoms with Gasteiger partial charge in [0.25, 0.3) is 0 Å². The van der Waals surface area contributed by atoms with Gasteiger partial charge in [-0.15, -0.1) is 0 Å². The molecule has 3 rings (SSSR count). The summed E-state index contributed by atoms with van der Waals surface area (Å²) in [6, 6.07) is 9.87. The lowest BCUT2D eigenvalue weighted by Crippen LogP contribution is -2.26. The maximum Gasteiger partial charge on any atom is 0.243 e. The van der Waals surface area contributed by atoms with Crippen molar-refractivity contribution in [3.05, 3.63) is 47.9 Å². The molecule has 0 radical (unpaired) electrons. The van der Waals surface area contributed by atoms with Crippen molar-refractivity contribution in [2.75, 3.05) is 28.4 Å². The Morgan fingerprint density at radius 2 is 1.73 bits per heavy atom. The summed E-state index contributed by atoms with van der Waals surface area (Å²) in [4.78, 5) is 4.46. The van der Waals surface area contributed by atoms with Crippen LogP contribution in [0.5, 0.6) is 17.2 Å². The molecular weight excluding hydrogens is 410 g/mol. The fourth-order valence-corrected chi connectivity index (χ4v) is 4.08. The highest BCUT2D eigenvalue weighted by Gasteiger charge is 2.24. The molecule has 9 nitrogen and oxygen atoms in total. The van der Waals surface area contributed by atoms with Crippen LogP contribution in [-0.2, 0) is 16.6 Å². The summed E-state index contributed by atoms with van der Waals surface area (Å²) in [6.45, 7) is 1.70. The molecule has 1 heterocycles. The summed E-state index contributed by atoms with van der Waals surface area (Å²) in [7, 11) is 2.31. The minimum atomic E-state index is -3.75. The molecule has 0 saturated carbocycles. The fraction of sp³-hybridized carbons (Fsp3) is 0.300. The number of nitrogens with zero attached hydrogens (tertiary/aromatic N) is 3. The van der Waals surface area contributed by atoms with Crippen LogP contribution in [-0.4, -0.2) is 51.2 Å². The van der Waals surface area contributed by atoms with Crippen LogP contribution >= 0.6 is 0 Å². The third kappa shape index (κ3) is 4.24. The van der Waals surface area contributed by atoms with E-state index in [9.17, 15) is 8.42 Å². The van der Waals surface area contributed by atoms with Crippen molar-refractivity contribution >= 4 is 10.0 Å². The Morgan fingerprint density at radius 3 is 2.37 bits per heavy atom. The van der Waals surface area contributed by atoms with Gasteiger partial charge < -0.3 is 18.7 Å². The first-order valence-electron chi connectivity index (χ1n) is 8.96. The van der Waals surface area contributed by atoms with Gasteiger partial charge in [0.1, 0.15) is 17.2 Å².